The lowest BCUT2D eigenvalue weighted by Gasteiger charge is -2.30. The van der Waals surface area contributed by atoms with Crippen LogP contribution in [-0.2, 0) is 26.2 Å². The van der Waals surface area contributed by atoms with Gasteiger partial charge in [-0.1, -0.05) is 44.2 Å². The van der Waals surface area contributed by atoms with Gasteiger partial charge in [0.2, 0.25) is 21.8 Å². The van der Waals surface area contributed by atoms with Crippen LogP contribution < -0.4 is 14.4 Å². The van der Waals surface area contributed by atoms with Crippen LogP contribution >= 0.6 is 0 Å². The molecule has 0 heterocycles. The van der Waals surface area contributed by atoms with Gasteiger partial charge in [-0.15, -0.1) is 0 Å². The van der Waals surface area contributed by atoms with E-state index in [1.807, 2.05) is 57.2 Å². The van der Waals surface area contributed by atoms with E-state index < -0.39 is 16.1 Å². The Labute approximate surface area is 215 Å². The van der Waals surface area contributed by atoms with Crippen molar-refractivity contribution in [2.24, 2.45) is 5.92 Å². The number of aryl methyl sites for hydroxylation is 1. The van der Waals surface area contributed by atoms with Crippen LogP contribution in [0.1, 0.15) is 44.7 Å². The number of nitrogens with one attached hydrogen (secondary N) is 1. The van der Waals surface area contributed by atoms with Crippen molar-refractivity contribution >= 4 is 27.5 Å². The fourth-order valence-electron chi connectivity index (χ4n) is 3.83. The Hall–Kier alpha value is -3.07. The molecule has 0 aliphatic carbocycles. The molecule has 2 aromatic rings. The summed E-state index contributed by atoms with van der Waals surface area (Å²) in [5.41, 5.74) is 2.27. The van der Waals surface area contributed by atoms with E-state index in [0.29, 0.717) is 24.4 Å². The lowest BCUT2D eigenvalue weighted by Crippen LogP contribution is -2.48. The van der Waals surface area contributed by atoms with E-state index in [-0.39, 0.29) is 37.2 Å². The Morgan fingerprint density at radius 3 is 2.36 bits per heavy atom. The minimum atomic E-state index is -3.53. The summed E-state index contributed by atoms with van der Waals surface area (Å²) in [4.78, 5) is 27.7. The lowest BCUT2D eigenvalue weighted by molar-refractivity contribution is -0.140. The van der Waals surface area contributed by atoms with E-state index in [9.17, 15) is 18.0 Å². The van der Waals surface area contributed by atoms with Crippen molar-refractivity contribution in [1.29, 1.82) is 0 Å². The molecule has 2 aromatic carbocycles. The first kappa shape index (κ1) is 29.2. The van der Waals surface area contributed by atoms with Crippen LogP contribution in [0.3, 0.4) is 0 Å². The number of rotatable bonds is 13. The van der Waals surface area contributed by atoms with Crippen molar-refractivity contribution in [2.45, 2.75) is 53.1 Å². The minimum absolute atomic E-state index is 0.101. The quantitative estimate of drug-likeness (QED) is 0.437. The summed E-state index contributed by atoms with van der Waals surface area (Å²) in [6.45, 7) is 8.49. The molecule has 0 spiro atoms. The van der Waals surface area contributed by atoms with Crippen molar-refractivity contribution in [3.8, 4) is 5.75 Å². The second-order valence-electron chi connectivity index (χ2n) is 9.41. The van der Waals surface area contributed by atoms with Gasteiger partial charge in [0.05, 0.1) is 19.1 Å². The van der Waals surface area contributed by atoms with Gasteiger partial charge in [0.15, 0.2) is 0 Å². The zero-order valence-electron chi connectivity index (χ0n) is 22.2. The highest BCUT2D eigenvalue weighted by Gasteiger charge is 2.27. The predicted molar refractivity (Wildman–Crippen MR) is 143 cm³/mol. The number of anilines is 1. The van der Waals surface area contributed by atoms with Crippen molar-refractivity contribution in [2.75, 3.05) is 30.8 Å². The highest BCUT2D eigenvalue weighted by Crippen LogP contribution is 2.23. The number of carbonyl (C=O) groups is 2. The molecule has 2 amide bonds. The molecule has 0 bridgehead atoms. The first-order valence-electron chi connectivity index (χ1n) is 12.2. The zero-order valence-corrected chi connectivity index (χ0v) is 23.0. The van der Waals surface area contributed by atoms with Crippen molar-refractivity contribution < 1.29 is 22.7 Å². The van der Waals surface area contributed by atoms with Gasteiger partial charge >= 0.3 is 0 Å². The standard InChI is InChI=1S/C27H39N3O5S/c1-20(2)18-28-27(32)22(4)29(19-23-12-9-13-24(17-23)35-5)26(31)15-10-16-30(36(6,33)34)25-14-8-7-11-21(25)3/h7-9,11-14,17,20,22H,10,15-16,18-19H2,1-6H3,(H,28,32)/t22-/m0/s1. The Balaban J connectivity index is 2.19. The van der Waals surface area contributed by atoms with Crippen LogP contribution in [-0.4, -0.2) is 57.6 Å². The number of methoxy groups -OCH3 is 1. The number of hydrogen-bond donors (Lipinski definition) is 1. The average Bonchev–Trinajstić information content (AvgIpc) is 2.83. The topological polar surface area (TPSA) is 96.0 Å². The summed E-state index contributed by atoms with van der Waals surface area (Å²) >= 11 is 0. The Kier molecular flexibility index (Phi) is 10.8. The highest BCUT2D eigenvalue weighted by molar-refractivity contribution is 7.92. The van der Waals surface area contributed by atoms with Crippen LogP contribution in [0.5, 0.6) is 5.75 Å². The maximum Gasteiger partial charge on any atom is 0.242 e. The second kappa shape index (κ2) is 13.3. The molecule has 1 atom stereocenters. The van der Waals surface area contributed by atoms with Crippen LogP contribution in [0.2, 0.25) is 0 Å². The molecule has 0 aliphatic heterocycles. The van der Waals surface area contributed by atoms with E-state index >= 15 is 0 Å². The lowest BCUT2D eigenvalue weighted by atomic mass is 10.1. The molecule has 36 heavy (non-hydrogen) atoms. The zero-order chi connectivity index (χ0) is 26.9. The van der Waals surface area contributed by atoms with Gasteiger partial charge in [0.25, 0.3) is 0 Å². The van der Waals surface area contributed by atoms with Gasteiger partial charge in [0.1, 0.15) is 11.8 Å². The third-order valence-electron chi connectivity index (χ3n) is 5.88. The summed E-state index contributed by atoms with van der Waals surface area (Å²) in [7, 11) is -1.95. The fourth-order valence-corrected chi connectivity index (χ4v) is 4.85. The number of amides is 2. The molecular weight excluding hydrogens is 478 g/mol. The normalized spacial score (nSPS) is 12.2. The molecule has 198 valence electrons. The molecule has 0 saturated heterocycles. The third kappa shape index (κ3) is 8.55. The molecule has 0 radical (unpaired) electrons. The predicted octanol–water partition coefficient (Wildman–Crippen LogP) is 3.74. The molecule has 9 heteroatoms. The Bertz CT molecular complexity index is 1130. The van der Waals surface area contributed by atoms with Gasteiger partial charge < -0.3 is 15.0 Å². The Morgan fingerprint density at radius 1 is 1.06 bits per heavy atom. The van der Waals surface area contributed by atoms with E-state index in [0.717, 1.165) is 17.4 Å². The van der Waals surface area contributed by atoms with Gasteiger partial charge in [0, 0.05) is 26.1 Å². The number of carbonyl (C=O) groups excluding carboxylic acids is 2. The second-order valence-corrected chi connectivity index (χ2v) is 11.3. The van der Waals surface area contributed by atoms with E-state index in [2.05, 4.69) is 5.32 Å². The number of ether oxygens (including phenoxy) is 1. The van der Waals surface area contributed by atoms with E-state index in [4.69, 9.17) is 4.74 Å². The summed E-state index contributed by atoms with van der Waals surface area (Å²) < 4.78 is 31.6. The number of nitrogens with zero attached hydrogens (tertiary/aromatic N) is 2. The van der Waals surface area contributed by atoms with Gasteiger partial charge in [-0.25, -0.2) is 8.42 Å². The number of para-hydroxylation sites is 1. The first-order valence-corrected chi connectivity index (χ1v) is 14.0. The van der Waals surface area contributed by atoms with E-state index in [1.165, 1.54) is 4.31 Å². The van der Waals surface area contributed by atoms with Gasteiger partial charge in [-0.3, -0.25) is 13.9 Å². The molecule has 0 unspecified atom stereocenters. The highest BCUT2D eigenvalue weighted by atomic mass is 32.2. The maximum atomic E-state index is 13.4. The largest absolute Gasteiger partial charge is 0.497 e. The SMILES string of the molecule is COc1cccc(CN(C(=O)CCCN(c2ccccc2C)S(C)(=O)=O)[C@@H](C)C(=O)NCC(C)C)c1. The van der Waals surface area contributed by atoms with E-state index in [1.54, 1.807) is 31.1 Å². The smallest absolute Gasteiger partial charge is 0.242 e. The molecular formula is C27H39N3O5S. The number of benzene rings is 2. The molecule has 2 rings (SSSR count). The van der Waals surface area contributed by atoms with Crippen LogP contribution in [0.25, 0.3) is 0 Å². The molecule has 0 fully saturated rings. The first-order chi connectivity index (χ1) is 16.9. The summed E-state index contributed by atoms with van der Waals surface area (Å²) in [6.07, 6.45) is 1.58. The molecule has 0 saturated carbocycles. The summed E-state index contributed by atoms with van der Waals surface area (Å²) in [5.74, 6) is 0.506. The number of sulfonamides is 1. The molecule has 0 aliphatic rings. The van der Waals surface area contributed by atoms with Crippen molar-refractivity contribution in [1.82, 2.24) is 10.2 Å². The average molecular weight is 518 g/mol. The van der Waals surface area contributed by atoms with Crippen molar-refractivity contribution in [3.05, 3.63) is 59.7 Å². The van der Waals surface area contributed by atoms with Crippen LogP contribution in [0.15, 0.2) is 48.5 Å². The van der Waals surface area contributed by atoms with Crippen LogP contribution in [0, 0.1) is 12.8 Å². The summed E-state index contributed by atoms with van der Waals surface area (Å²) in [6, 6.07) is 13.9. The minimum Gasteiger partial charge on any atom is -0.497 e. The maximum absolute atomic E-state index is 13.4. The van der Waals surface area contributed by atoms with Gasteiger partial charge in [-0.05, 0) is 55.5 Å². The third-order valence-corrected chi connectivity index (χ3v) is 7.06. The van der Waals surface area contributed by atoms with Crippen molar-refractivity contribution in [3.63, 3.8) is 0 Å². The molecule has 8 nitrogen and oxygen atoms in total. The monoisotopic (exact) mass is 517 g/mol. The van der Waals surface area contributed by atoms with Gasteiger partial charge in [-0.2, -0.15) is 0 Å². The summed E-state index contributed by atoms with van der Waals surface area (Å²) in [5, 5.41) is 2.90. The fraction of sp³-hybridized carbons (Fsp3) is 0.481. The molecule has 0 aromatic heterocycles. The van der Waals surface area contributed by atoms with Crippen LogP contribution in [0.4, 0.5) is 5.69 Å². The number of hydrogen-bond acceptors (Lipinski definition) is 5. The Morgan fingerprint density at radius 2 is 1.75 bits per heavy atom. The molecule has 1 N–H and O–H groups in total.